The number of rotatable bonds is 4. The first-order valence-electron chi connectivity index (χ1n) is 7.19. The summed E-state index contributed by atoms with van der Waals surface area (Å²) in [5.41, 5.74) is 2.75. The summed E-state index contributed by atoms with van der Waals surface area (Å²) < 4.78 is 3.18. The summed E-state index contributed by atoms with van der Waals surface area (Å²) >= 11 is 2.70. The van der Waals surface area contributed by atoms with E-state index < -0.39 is 0 Å². The highest BCUT2D eigenvalue weighted by Gasteiger charge is 2.17. The SMILES string of the molecule is Cc1ccc2nc(Sc3nnnn3C)c(Sc3nnnn3C)nc2c1. The highest BCUT2D eigenvalue weighted by Crippen LogP contribution is 2.35. The molecule has 1 aromatic carbocycles. The van der Waals surface area contributed by atoms with Crippen molar-refractivity contribution in [3.05, 3.63) is 23.8 Å². The Bertz CT molecular complexity index is 1060. The van der Waals surface area contributed by atoms with E-state index >= 15 is 0 Å². The van der Waals surface area contributed by atoms with Crippen LogP contribution in [-0.4, -0.2) is 50.4 Å². The summed E-state index contributed by atoms with van der Waals surface area (Å²) in [6.45, 7) is 2.02. The predicted octanol–water partition coefficient (Wildman–Crippen LogP) is 1.29. The summed E-state index contributed by atoms with van der Waals surface area (Å²) in [6, 6.07) is 5.96. The van der Waals surface area contributed by atoms with Crippen molar-refractivity contribution < 1.29 is 0 Å². The molecule has 0 aliphatic heterocycles. The molecule has 0 aliphatic carbocycles. The van der Waals surface area contributed by atoms with Crippen LogP contribution in [0.2, 0.25) is 0 Å². The minimum atomic E-state index is 0.624. The molecule has 0 atom stereocenters. The Balaban J connectivity index is 1.82. The van der Waals surface area contributed by atoms with E-state index in [2.05, 4.69) is 31.1 Å². The maximum Gasteiger partial charge on any atom is 0.215 e. The second kappa shape index (κ2) is 6.37. The average Bonchev–Trinajstić information content (AvgIpc) is 3.17. The van der Waals surface area contributed by atoms with Gasteiger partial charge in [0.25, 0.3) is 0 Å². The minimum Gasteiger partial charge on any atom is -0.236 e. The van der Waals surface area contributed by atoms with Crippen molar-refractivity contribution in [2.75, 3.05) is 0 Å². The van der Waals surface area contributed by atoms with Crippen LogP contribution in [-0.2, 0) is 14.1 Å². The summed E-state index contributed by atoms with van der Waals surface area (Å²) in [4.78, 5) is 9.49. The van der Waals surface area contributed by atoms with Gasteiger partial charge in [-0.1, -0.05) is 6.07 Å². The van der Waals surface area contributed by atoms with Gasteiger partial charge in [0.2, 0.25) is 10.3 Å². The van der Waals surface area contributed by atoms with Gasteiger partial charge in [0.05, 0.1) is 11.0 Å². The Kier molecular flexibility index (Phi) is 4.05. The van der Waals surface area contributed by atoms with Crippen molar-refractivity contribution in [1.29, 1.82) is 0 Å². The molecule has 0 N–H and O–H groups in total. The lowest BCUT2D eigenvalue weighted by molar-refractivity contribution is 0.662. The molecule has 0 aliphatic rings. The number of hydrogen-bond acceptors (Lipinski definition) is 10. The van der Waals surface area contributed by atoms with Crippen LogP contribution in [0.5, 0.6) is 0 Å². The van der Waals surface area contributed by atoms with Gasteiger partial charge in [-0.25, -0.2) is 19.3 Å². The molecule has 12 heteroatoms. The third-order valence-corrected chi connectivity index (χ3v) is 5.44. The zero-order valence-electron chi connectivity index (χ0n) is 13.5. The van der Waals surface area contributed by atoms with Crippen LogP contribution in [0.1, 0.15) is 5.56 Å². The second-order valence-electron chi connectivity index (χ2n) is 5.20. The standard InChI is InChI=1S/C13H12N10S2/c1-7-4-5-8-9(6-7)15-11(25-13-17-19-21-23(13)3)10(14-8)24-12-16-18-20-22(12)2/h4-6H,1-3H3. The van der Waals surface area contributed by atoms with Gasteiger partial charge in [0, 0.05) is 14.1 Å². The van der Waals surface area contributed by atoms with Crippen LogP contribution in [0.3, 0.4) is 0 Å². The van der Waals surface area contributed by atoms with Gasteiger partial charge >= 0.3 is 0 Å². The van der Waals surface area contributed by atoms with Crippen LogP contribution < -0.4 is 0 Å². The van der Waals surface area contributed by atoms with E-state index in [-0.39, 0.29) is 0 Å². The van der Waals surface area contributed by atoms with Gasteiger partial charge in [-0.05, 0) is 69.0 Å². The van der Waals surface area contributed by atoms with Crippen molar-refractivity contribution in [3.63, 3.8) is 0 Å². The highest BCUT2D eigenvalue weighted by atomic mass is 32.2. The molecule has 126 valence electrons. The zero-order valence-corrected chi connectivity index (χ0v) is 15.2. The van der Waals surface area contributed by atoms with E-state index in [0.29, 0.717) is 20.4 Å². The van der Waals surface area contributed by atoms with Gasteiger partial charge in [-0.15, -0.1) is 10.2 Å². The monoisotopic (exact) mass is 372 g/mol. The van der Waals surface area contributed by atoms with Gasteiger partial charge in [0.1, 0.15) is 10.1 Å². The van der Waals surface area contributed by atoms with E-state index in [1.54, 1.807) is 23.5 Å². The fourth-order valence-electron chi connectivity index (χ4n) is 2.05. The number of fused-ring (bicyclic) bond motifs is 1. The second-order valence-corrected chi connectivity index (χ2v) is 7.11. The maximum absolute atomic E-state index is 4.76. The minimum absolute atomic E-state index is 0.624. The lowest BCUT2D eigenvalue weighted by Gasteiger charge is -2.08. The van der Waals surface area contributed by atoms with Crippen LogP contribution in [0, 0.1) is 6.92 Å². The van der Waals surface area contributed by atoms with Gasteiger partial charge in [-0.3, -0.25) is 0 Å². The van der Waals surface area contributed by atoms with Crippen molar-refractivity contribution in [1.82, 2.24) is 50.4 Å². The molecule has 0 unspecified atom stereocenters. The molecular weight excluding hydrogens is 360 g/mol. The number of aryl methyl sites for hydroxylation is 3. The highest BCUT2D eigenvalue weighted by molar-refractivity contribution is 8.02. The topological polar surface area (TPSA) is 113 Å². The fourth-order valence-corrected chi connectivity index (χ4v) is 3.70. The smallest absolute Gasteiger partial charge is 0.215 e. The molecule has 4 aromatic rings. The first-order valence-corrected chi connectivity index (χ1v) is 8.82. The van der Waals surface area contributed by atoms with Crippen molar-refractivity contribution in [2.24, 2.45) is 14.1 Å². The summed E-state index contributed by atoms with van der Waals surface area (Å²) in [5, 5.41) is 25.7. The third kappa shape index (κ3) is 3.17. The molecule has 0 bridgehead atoms. The normalized spacial score (nSPS) is 11.3. The zero-order chi connectivity index (χ0) is 17.4. The van der Waals surface area contributed by atoms with Crippen LogP contribution >= 0.6 is 23.5 Å². The predicted molar refractivity (Wildman–Crippen MR) is 90.1 cm³/mol. The Morgan fingerprint density at radius 1 is 0.800 bits per heavy atom. The first kappa shape index (κ1) is 15.9. The van der Waals surface area contributed by atoms with E-state index in [1.165, 1.54) is 23.5 Å². The number of hydrogen-bond donors (Lipinski definition) is 0. The Morgan fingerprint density at radius 2 is 1.36 bits per heavy atom. The van der Waals surface area contributed by atoms with E-state index in [4.69, 9.17) is 9.97 Å². The molecule has 0 saturated carbocycles. The van der Waals surface area contributed by atoms with Crippen LogP contribution in [0.25, 0.3) is 11.0 Å². The van der Waals surface area contributed by atoms with Gasteiger partial charge in [-0.2, -0.15) is 0 Å². The maximum atomic E-state index is 4.76. The number of tetrazole rings is 2. The molecule has 0 fully saturated rings. The summed E-state index contributed by atoms with van der Waals surface area (Å²) in [6.07, 6.45) is 0. The molecule has 4 rings (SSSR count). The lowest BCUT2D eigenvalue weighted by Crippen LogP contribution is -1.98. The van der Waals surface area contributed by atoms with E-state index in [0.717, 1.165) is 16.6 Å². The fraction of sp³-hybridized carbons (Fsp3) is 0.231. The molecule has 0 amide bonds. The van der Waals surface area contributed by atoms with Gasteiger partial charge in [0.15, 0.2) is 0 Å². The van der Waals surface area contributed by atoms with Crippen molar-refractivity contribution >= 4 is 34.6 Å². The average molecular weight is 372 g/mol. The molecule has 0 spiro atoms. The largest absolute Gasteiger partial charge is 0.236 e. The third-order valence-electron chi connectivity index (χ3n) is 3.30. The lowest BCUT2D eigenvalue weighted by atomic mass is 10.2. The Labute approximate surface area is 150 Å². The Hall–Kier alpha value is -2.60. The molecule has 0 radical (unpaired) electrons. The number of aromatic nitrogens is 10. The molecular formula is C13H12N10S2. The molecule has 3 heterocycles. The van der Waals surface area contributed by atoms with E-state index in [1.807, 2.05) is 25.1 Å². The van der Waals surface area contributed by atoms with Crippen molar-refractivity contribution in [3.8, 4) is 0 Å². The number of nitrogens with zero attached hydrogens (tertiary/aromatic N) is 10. The summed E-state index contributed by atoms with van der Waals surface area (Å²) in [7, 11) is 3.56. The molecule has 3 aromatic heterocycles. The van der Waals surface area contributed by atoms with Crippen molar-refractivity contribution in [2.45, 2.75) is 27.3 Å². The quantitative estimate of drug-likeness (QED) is 0.519. The van der Waals surface area contributed by atoms with E-state index in [9.17, 15) is 0 Å². The first-order chi connectivity index (χ1) is 12.1. The summed E-state index contributed by atoms with van der Waals surface area (Å²) in [5.74, 6) is 0. The van der Waals surface area contributed by atoms with Crippen LogP contribution in [0.4, 0.5) is 0 Å². The molecule has 10 nitrogen and oxygen atoms in total. The van der Waals surface area contributed by atoms with Crippen LogP contribution in [0.15, 0.2) is 38.6 Å². The number of benzene rings is 1. The molecule has 0 saturated heterocycles. The molecule has 25 heavy (non-hydrogen) atoms. The van der Waals surface area contributed by atoms with Gasteiger partial charge < -0.3 is 0 Å². The Morgan fingerprint density at radius 3 is 1.88 bits per heavy atom.